The first-order chi connectivity index (χ1) is 10.4. The molecule has 0 aliphatic rings. The topological polar surface area (TPSA) is 26.3 Å². The van der Waals surface area contributed by atoms with Crippen LogP contribution in [0.1, 0.15) is 15.9 Å². The van der Waals surface area contributed by atoms with Crippen LogP contribution < -0.4 is 4.74 Å². The van der Waals surface area contributed by atoms with Gasteiger partial charge in [-0.3, -0.25) is 4.79 Å². The standard InChI is InChI=1S/C17H13F3O2/c18-17(19,20)12-22-15-9-6-13(7-10-15)8-11-16(21)14-4-2-1-3-5-14/h1-11H,12H2. The Morgan fingerprint density at radius 1 is 1.00 bits per heavy atom. The van der Waals surface area contributed by atoms with Crippen LogP contribution in [-0.4, -0.2) is 18.6 Å². The fourth-order valence-electron chi connectivity index (χ4n) is 1.71. The molecule has 0 atom stereocenters. The Morgan fingerprint density at radius 3 is 2.23 bits per heavy atom. The average molecular weight is 306 g/mol. The minimum atomic E-state index is -4.36. The number of hydrogen-bond donors (Lipinski definition) is 0. The van der Waals surface area contributed by atoms with Gasteiger partial charge < -0.3 is 4.74 Å². The van der Waals surface area contributed by atoms with Gasteiger partial charge in [0.25, 0.3) is 0 Å². The van der Waals surface area contributed by atoms with Crippen molar-refractivity contribution >= 4 is 11.9 Å². The van der Waals surface area contributed by atoms with Crippen LogP contribution >= 0.6 is 0 Å². The van der Waals surface area contributed by atoms with E-state index in [1.807, 2.05) is 6.07 Å². The predicted molar refractivity (Wildman–Crippen MR) is 77.8 cm³/mol. The van der Waals surface area contributed by atoms with E-state index in [4.69, 9.17) is 0 Å². The van der Waals surface area contributed by atoms with Crippen molar-refractivity contribution in [1.29, 1.82) is 0 Å². The molecule has 0 radical (unpaired) electrons. The number of ketones is 1. The van der Waals surface area contributed by atoms with Crippen LogP contribution in [0.25, 0.3) is 6.08 Å². The summed E-state index contributed by atoms with van der Waals surface area (Å²) in [5.74, 6) is -0.0122. The van der Waals surface area contributed by atoms with Gasteiger partial charge in [-0.25, -0.2) is 0 Å². The van der Waals surface area contributed by atoms with Crippen molar-refractivity contribution in [2.24, 2.45) is 0 Å². The van der Waals surface area contributed by atoms with E-state index >= 15 is 0 Å². The molecule has 0 fully saturated rings. The third-order valence-corrected chi connectivity index (χ3v) is 2.77. The maximum absolute atomic E-state index is 12.0. The number of rotatable bonds is 5. The summed E-state index contributed by atoms with van der Waals surface area (Å²) in [5, 5.41) is 0. The number of halogens is 3. The monoisotopic (exact) mass is 306 g/mol. The zero-order valence-electron chi connectivity index (χ0n) is 11.5. The average Bonchev–Trinajstić information content (AvgIpc) is 2.52. The molecule has 0 N–H and O–H groups in total. The first-order valence-corrected chi connectivity index (χ1v) is 6.51. The Labute approximate surface area is 125 Å². The van der Waals surface area contributed by atoms with Crippen molar-refractivity contribution in [3.8, 4) is 5.75 Å². The lowest BCUT2D eigenvalue weighted by Crippen LogP contribution is -2.19. The normalized spacial score (nSPS) is 11.6. The van der Waals surface area contributed by atoms with Gasteiger partial charge in [-0.2, -0.15) is 13.2 Å². The van der Waals surface area contributed by atoms with Gasteiger partial charge in [0, 0.05) is 5.56 Å². The highest BCUT2D eigenvalue weighted by atomic mass is 19.4. The summed E-state index contributed by atoms with van der Waals surface area (Å²) in [6, 6.07) is 14.8. The van der Waals surface area contributed by atoms with E-state index in [1.165, 1.54) is 18.2 Å². The third-order valence-electron chi connectivity index (χ3n) is 2.77. The molecule has 0 aromatic heterocycles. The van der Waals surface area contributed by atoms with Crippen molar-refractivity contribution in [1.82, 2.24) is 0 Å². The second-order valence-corrected chi connectivity index (χ2v) is 4.54. The molecule has 0 heterocycles. The quantitative estimate of drug-likeness (QED) is 0.599. The van der Waals surface area contributed by atoms with Gasteiger partial charge in [-0.15, -0.1) is 0 Å². The van der Waals surface area contributed by atoms with Crippen LogP contribution in [0.2, 0.25) is 0 Å². The van der Waals surface area contributed by atoms with Gasteiger partial charge >= 0.3 is 6.18 Å². The van der Waals surface area contributed by atoms with Crippen molar-refractivity contribution in [2.75, 3.05) is 6.61 Å². The van der Waals surface area contributed by atoms with Gasteiger partial charge in [0.1, 0.15) is 5.75 Å². The van der Waals surface area contributed by atoms with Crippen molar-refractivity contribution in [3.05, 3.63) is 71.8 Å². The minimum Gasteiger partial charge on any atom is -0.484 e. The molecule has 0 spiro atoms. The van der Waals surface area contributed by atoms with Crippen molar-refractivity contribution in [3.63, 3.8) is 0 Å². The highest BCUT2D eigenvalue weighted by Gasteiger charge is 2.28. The van der Waals surface area contributed by atoms with Crippen LogP contribution in [-0.2, 0) is 0 Å². The molecule has 0 saturated heterocycles. The molecule has 0 aliphatic carbocycles. The van der Waals surface area contributed by atoms with Gasteiger partial charge in [0.2, 0.25) is 0 Å². The number of hydrogen-bond acceptors (Lipinski definition) is 2. The molecule has 114 valence electrons. The van der Waals surface area contributed by atoms with Crippen LogP contribution in [0.15, 0.2) is 60.7 Å². The number of carbonyl (C=O) groups excluding carboxylic acids is 1. The Hall–Kier alpha value is -2.56. The molecular formula is C17H13F3O2. The van der Waals surface area contributed by atoms with Crippen LogP contribution in [0.3, 0.4) is 0 Å². The first kappa shape index (κ1) is 15.8. The number of alkyl halides is 3. The van der Waals surface area contributed by atoms with E-state index in [9.17, 15) is 18.0 Å². The molecule has 5 heteroatoms. The van der Waals surface area contributed by atoms with Gasteiger partial charge in [0.15, 0.2) is 12.4 Å². The van der Waals surface area contributed by atoms with E-state index in [0.717, 1.165) is 0 Å². The SMILES string of the molecule is O=C(C=Cc1ccc(OCC(F)(F)F)cc1)c1ccccc1. The van der Waals surface area contributed by atoms with E-state index in [2.05, 4.69) is 4.74 Å². The minimum absolute atomic E-state index is 0.129. The number of benzene rings is 2. The highest BCUT2D eigenvalue weighted by molar-refractivity contribution is 6.06. The van der Waals surface area contributed by atoms with Gasteiger partial charge in [-0.1, -0.05) is 48.5 Å². The molecule has 0 aliphatic heterocycles. The number of ether oxygens (including phenoxy) is 1. The summed E-state index contributed by atoms with van der Waals surface area (Å²) in [6.07, 6.45) is -1.34. The maximum atomic E-state index is 12.0. The molecule has 0 bridgehead atoms. The van der Waals surface area contributed by atoms with Crippen molar-refractivity contribution in [2.45, 2.75) is 6.18 Å². The Balaban J connectivity index is 1.96. The van der Waals surface area contributed by atoms with Gasteiger partial charge in [0.05, 0.1) is 0 Å². The third kappa shape index (κ3) is 5.09. The molecule has 0 unspecified atom stereocenters. The van der Waals surface area contributed by atoms with E-state index < -0.39 is 12.8 Å². The van der Waals surface area contributed by atoms with Gasteiger partial charge in [-0.05, 0) is 23.8 Å². The summed E-state index contributed by atoms with van der Waals surface area (Å²) in [4.78, 5) is 11.9. The van der Waals surface area contributed by atoms with E-state index in [-0.39, 0.29) is 11.5 Å². The summed E-state index contributed by atoms with van der Waals surface area (Å²) in [6.45, 7) is -1.32. The Bertz CT molecular complexity index is 644. The van der Waals surface area contributed by atoms with E-state index in [0.29, 0.717) is 11.1 Å². The van der Waals surface area contributed by atoms with Crippen LogP contribution in [0.4, 0.5) is 13.2 Å². The lowest BCUT2D eigenvalue weighted by atomic mass is 10.1. The Kier molecular flexibility index (Phi) is 4.99. The first-order valence-electron chi connectivity index (χ1n) is 6.51. The zero-order chi connectivity index (χ0) is 16.0. The smallest absolute Gasteiger partial charge is 0.422 e. The van der Waals surface area contributed by atoms with Crippen molar-refractivity contribution < 1.29 is 22.7 Å². The number of allylic oxidation sites excluding steroid dienone is 1. The largest absolute Gasteiger partial charge is 0.484 e. The Morgan fingerprint density at radius 2 is 1.64 bits per heavy atom. The lowest BCUT2D eigenvalue weighted by Gasteiger charge is -2.08. The molecule has 2 rings (SSSR count). The van der Waals surface area contributed by atoms with E-state index in [1.54, 1.807) is 42.5 Å². The highest BCUT2D eigenvalue weighted by Crippen LogP contribution is 2.19. The summed E-state index contributed by atoms with van der Waals surface area (Å²) < 4.78 is 40.7. The second kappa shape index (κ2) is 6.93. The second-order valence-electron chi connectivity index (χ2n) is 4.54. The molecule has 2 aromatic rings. The predicted octanol–water partition coefficient (Wildman–Crippen LogP) is 4.52. The zero-order valence-corrected chi connectivity index (χ0v) is 11.5. The number of carbonyl (C=O) groups is 1. The molecule has 22 heavy (non-hydrogen) atoms. The molecule has 0 saturated carbocycles. The molecule has 2 aromatic carbocycles. The molecule has 0 amide bonds. The maximum Gasteiger partial charge on any atom is 0.422 e. The summed E-state index contributed by atoms with van der Waals surface area (Å²) >= 11 is 0. The van der Waals surface area contributed by atoms with Crippen LogP contribution in [0.5, 0.6) is 5.75 Å². The molecular weight excluding hydrogens is 293 g/mol. The molecule has 2 nitrogen and oxygen atoms in total. The fourth-order valence-corrected chi connectivity index (χ4v) is 1.71. The summed E-state index contributed by atoms with van der Waals surface area (Å²) in [7, 11) is 0. The lowest BCUT2D eigenvalue weighted by molar-refractivity contribution is -0.153. The van der Waals surface area contributed by atoms with Crippen LogP contribution in [0, 0.1) is 0 Å². The summed E-state index contributed by atoms with van der Waals surface area (Å²) in [5.41, 5.74) is 1.27. The fraction of sp³-hybridized carbons (Fsp3) is 0.118.